The maximum Gasteiger partial charge on any atom is 0.321 e. The van der Waals surface area contributed by atoms with Crippen molar-refractivity contribution in [1.29, 1.82) is 0 Å². The van der Waals surface area contributed by atoms with Gasteiger partial charge >= 0.3 is 5.97 Å². The normalized spacial score (nSPS) is 17.1. The van der Waals surface area contributed by atoms with Gasteiger partial charge in [0.15, 0.2) is 6.61 Å². The van der Waals surface area contributed by atoms with Crippen molar-refractivity contribution in [2.24, 2.45) is 5.92 Å². The topological polar surface area (TPSA) is 113 Å². The van der Waals surface area contributed by atoms with Crippen LogP contribution in [0.5, 0.6) is 0 Å². The number of carbonyl (C=O) groups is 3. The number of amides is 2. The number of likely N-dealkylation sites (N-methyl/N-ethyl adjacent to an activating group) is 1. The van der Waals surface area contributed by atoms with Crippen LogP contribution in [0.3, 0.4) is 0 Å². The van der Waals surface area contributed by atoms with Gasteiger partial charge in [0.25, 0.3) is 5.91 Å². The van der Waals surface area contributed by atoms with Gasteiger partial charge in [0.1, 0.15) is 6.54 Å². The zero-order valence-corrected chi connectivity index (χ0v) is 17.7. The van der Waals surface area contributed by atoms with Crippen molar-refractivity contribution in [3.8, 4) is 0 Å². The van der Waals surface area contributed by atoms with E-state index in [1.54, 1.807) is 4.90 Å². The van der Waals surface area contributed by atoms with Gasteiger partial charge in [-0.15, -0.1) is 0 Å². The summed E-state index contributed by atoms with van der Waals surface area (Å²) in [5.41, 5.74) is 0.462. The second-order valence-corrected chi connectivity index (χ2v) is 9.26. The molecule has 0 bridgehead atoms. The number of hydrogen-bond acceptors (Lipinski definition) is 6. The number of nitrogens with one attached hydrogen (secondary N) is 1. The van der Waals surface area contributed by atoms with Gasteiger partial charge in [-0.2, -0.15) is 4.31 Å². The van der Waals surface area contributed by atoms with E-state index in [1.165, 1.54) is 38.2 Å². The van der Waals surface area contributed by atoms with Gasteiger partial charge in [-0.1, -0.05) is 6.92 Å². The van der Waals surface area contributed by atoms with Crippen LogP contribution in [0, 0.1) is 5.92 Å². The molecule has 1 aliphatic rings. The van der Waals surface area contributed by atoms with Crippen LogP contribution in [0.2, 0.25) is 0 Å². The standard InChI is InChI=1S/C19H27N3O6S/c1-14-5-4-10-22(11-14)18(24)13-28-19(25)12-21(3)29(26,27)17-8-6-16(7-9-17)20-15(2)23/h6-9,14H,4-5,10-13H2,1-3H3,(H,20,23). The molecule has 1 N–H and O–H groups in total. The van der Waals surface area contributed by atoms with Crippen molar-refractivity contribution >= 4 is 33.5 Å². The number of carbonyl (C=O) groups excluding carboxylic acids is 3. The summed E-state index contributed by atoms with van der Waals surface area (Å²) in [6, 6.07) is 5.59. The molecule has 1 fully saturated rings. The summed E-state index contributed by atoms with van der Waals surface area (Å²) in [6.45, 7) is 3.78. The lowest BCUT2D eigenvalue weighted by atomic mass is 10.0. The number of nitrogens with zero attached hydrogens (tertiary/aromatic N) is 2. The van der Waals surface area contributed by atoms with Crippen molar-refractivity contribution < 1.29 is 27.5 Å². The third-order valence-electron chi connectivity index (χ3n) is 4.60. The van der Waals surface area contributed by atoms with E-state index in [0.29, 0.717) is 24.7 Å². The molecule has 1 heterocycles. The number of sulfonamides is 1. The number of ether oxygens (including phenoxy) is 1. The van der Waals surface area contributed by atoms with E-state index in [4.69, 9.17) is 4.74 Å². The van der Waals surface area contributed by atoms with Gasteiger partial charge in [0.05, 0.1) is 4.90 Å². The second-order valence-electron chi connectivity index (χ2n) is 7.21. The van der Waals surface area contributed by atoms with Gasteiger partial charge in [0, 0.05) is 32.7 Å². The minimum Gasteiger partial charge on any atom is -0.455 e. The Kier molecular flexibility index (Phi) is 7.74. The smallest absolute Gasteiger partial charge is 0.321 e. The Balaban J connectivity index is 1.88. The zero-order valence-electron chi connectivity index (χ0n) is 16.9. The summed E-state index contributed by atoms with van der Waals surface area (Å²) < 4.78 is 31.0. The minimum absolute atomic E-state index is 0.0275. The molecule has 0 aromatic heterocycles. The van der Waals surface area contributed by atoms with Crippen LogP contribution in [0.4, 0.5) is 5.69 Å². The van der Waals surface area contributed by atoms with Crippen molar-refractivity contribution in [2.75, 3.05) is 38.6 Å². The number of esters is 1. The second kappa shape index (κ2) is 9.84. The Bertz CT molecular complexity index is 853. The predicted octanol–water partition coefficient (Wildman–Crippen LogP) is 1.07. The SMILES string of the molecule is CC(=O)Nc1ccc(S(=O)(=O)N(C)CC(=O)OCC(=O)N2CCCC(C)C2)cc1. The highest BCUT2D eigenvalue weighted by molar-refractivity contribution is 7.89. The maximum atomic E-state index is 12.6. The van der Waals surface area contributed by atoms with Crippen LogP contribution in [-0.2, 0) is 29.1 Å². The molecule has 1 unspecified atom stereocenters. The van der Waals surface area contributed by atoms with Crippen molar-refractivity contribution in [3.05, 3.63) is 24.3 Å². The highest BCUT2D eigenvalue weighted by Gasteiger charge is 2.25. The molecule has 1 aromatic rings. The van der Waals surface area contributed by atoms with Crippen molar-refractivity contribution in [3.63, 3.8) is 0 Å². The van der Waals surface area contributed by atoms with E-state index in [2.05, 4.69) is 12.2 Å². The molecule has 1 atom stereocenters. The molecule has 9 nitrogen and oxygen atoms in total. The molecule has 0 radical (unpaired) electrons. The number of anilines is 1. The molecule has 160 valence electrons. The van der Waals surface area contributed by atoms with Gasteiger partial charge in [0.2, 0.25) is 15.9 Å². The molecule has 0 spiro atoms. The Hall–Kier alpha value is -2.46. The van der Waals surface area contributed by atoms with Crippen LogP contribution in [-0.4, -0.2) is 68.7 Å². The highest BCUT2D eigenvalue weighted by Crippen LogP contribution is 2.18. The quantitative estimate of drug-likeness (QED) is 0.654. The molecule has 0 aliphatic carbocycles. The lowest BCUT2D eigenvalue weighted by Gasteiger charge is -2.30. The summed E-state index contributed by atoms with van der Waals surface area (Å²) in [7, 11) is -2.66. The fourth-order valence-corrected chi connectivity index (χ4v) is 4.17. The van der Waals surface area contributed by atoms with Gasteiger partial charge in [-0.05, 0) is 43.0 Å². The van der Waals surface area contributed by atoms with Gasteiger partial charge in [-0.25, -0.2) is 8.42 Å². The highest BCUT2D eigenvalue weighted by atomic mass is 32.2. The summed E-state index contributed by atoms with van der Waals surface area (Å²) in [6.07, 6.45) is 1.99. The average molecular weight is 426 g/mol. The van der Waals surface area contributed by atoms with E-state index in [0.717, 1.165) is 17.1 Å². The minimum atomic E-state index is -3.92. The fourth-order valence-electron chi connectivity index (χ4n) is 3.06. The molecule has 2 amide bonds. The first-order chi connectivity index (χ1) is 13.6. The largest absolute Gasteiger partial charge is 0.455 e. The van der Waals surface area contributed by atoms with Crippen molar-refractivity contribution in [2.45, 2.75) is 31.6 Å². The van der Waals surface area contributed by atoms with Crippen LogP contribution in [0.1, 0.15) is 26.7 Å². The van der Waals surface area contributed by atoms with E-state index in [9.17, 15) is 22.8 Å². The zero-order chi connectivity index (χ0) is 21.6. The van der Waals surface area contributed by atoms with Crippen molar-refractivity contribution in [1.82, 2.24) is 9.21 Å². The number of piperidine rings is 1. The molecule has 10 heteroatoms. The maximum absolute atomic E-state index is 12.6. The molecular formula is C19H27N3O6S. The van der Waals surface area contributed by atoms with Crippen LogP contribution in [0.25, 0.3) is 0 Å². The fraction of sp³-hybridized carbons (Fsp3) is 0.526. The third-order valence-corrected chi connectivity index (χ3v) is 6.42. The Morgan fingerprint density at radius 3 is 2.48 bits per heavy atom. The van der Waals surface area contributed by atoms with E-state index >= 15 is 0 Å². The van der Waals surface area contributed by atoms with Gasteiger partial charge in [-0.3, -0.25) is 14.4 Å². The summed E-state index contributed by atoms with van der Waals surface area (Å²) >= 11 is 0. The van der Waals surface area contributed by atoms with E-state index in [-0.39, 0.29) is 16.7 Å². The number of hydrogen-bond donors (Lipinski definition) is 1. The first kappa shape index (κ1) is 22.8. The molecule has 1 aliphatic heterocycles. The first-order valence-corrected chi connectivity index (χ1v) is 10.8. The van der Waals surface area contributed by atoms with E-state index < -0.39 is 29.1 Å². The number of likely N-dealkylation sites (tertiary alicyclic amines) is 1. The lowest BCUT2D eigenvalue weighted by Crippen LogP contribution is -2.42. The third kappa shape index (κ3) is 6.53. The lowest BCUT2D eigenvalue weighted by molar-refractivity contribution is -0.152. The summed E-state index contributed by atoms with van der Waals surface area (Å²) in [5, 5.41) is 2.54. The molecule has 2 rings (SSSR count). The molecule has 0 saturated carbocycles. The van der Waals surface area contributed by atoms with Gasteiger partial charge < -0.3 is 15.0 Å². The van der Waals surface area contributed by atoms with Crippen LogP contribution in [0.15, 0.2) is 29.2 Å². The Labute approximate surface area is 171 Å². The molecular weight excluding hydrogens is 398 g/mol. The number of rotatable bonds is 7. The summed E-state index contributed by atoms with van der Waals surface area (Å²) in [4.78, 5) is 36.8. The Morgan fingerprint density at radius 2 is 1.90 bits per heavy atom. The summed E-state index contributed by atoms with van der Waals surface area (Å²) in [5.74, 6) is -0.931. The number of benzene rings is 1. The molecule has 1 aromatic carbocycles. The van der Waals surface area contributed by atoms with Crippen LogP contribution >= 0.6 is 0 Å². The predicted molar refractivity (Wildman–Crippen MR) is 106 cm³/mol. The average Bonchev–Trinajstić information content (AvgIpc) is 2.66. The van der Waals surface area contributed by atoms with Crippen LogP contribution < -0.4 is 5.32 Å². The van der Waals surface area contributed by atoms with E-state index in [1.807, 2.05) is 0 Å². The molecule has 29 heavy (non-hydrogen) atoms. The monoisotopic (exact) mass is 425 g/mol. The first-order valence-electron chi connectivity index (χ1n) is 9.37. The Morgan fingerprint density at radius 1 is 1.24 bits per heavy atom. The molecule has 1 saturated heterocycles.